The van der Waals surface area contributed by atoms with E-state index in [0.717, 1.165) is 38.3 Å². The Labute approximate surface area is 128 Å². The molecule has 0 aromatic heterocycles. The van der Waals surface area contributed by atoms with Gasteiger partial charge in [-0.1, -0.05) is 19.1 Å². The van der Waals surface area contributed by atoms with Crippen molar-refractivity contribution >= 4 is 5.69 Å². The summed E-state index contributed by atoms with van der Waals surface area (Å²) in [5.74, 6) is 0.807. The minimum atomic E-state index is -0.0533. The molecule has 3 nitrogen and oxygen atoms in total. The summed E-state index contributed by atoms with van der Waals surface area (Å²) in [6.45, 7) is 4.57. The summed E-state index contributed by atoms with van der Waals surface area (Å²) < 4.78 is 0. The van der Waals surface area contributed by atoms with Crippen LogP contribution in [-0.2, 0) is 13.0 Å². The maximum absolute atomic E-state index is 9.83. The van der Waals surface area contributed by atoms with E-state index in [-0.39, 0.29) is 12.1 Å². The first-order chi connectivity index (χ1) is 10.1. The van der Waals surface area contributed by atoms with Gasteiger partial charge >= 0.3 is 0 Å². The van der Waals surface area contributed by atoms with Crippen LogP contribution in [0.4, 0.5) is 5.69 Å². The Balaban J connectivity index is 1.64. The van der Waals surface area contributed by atoms with Crippen molar-refractivity contribution in [2.45, 2.75) is 51.1 Å². The minimum Gasteiger partial charge on any atom is -0.394 e. The fraction of sp³-hybridized carbons (Fsp3) is 0.667. The van der Waals surface area contributed by atoms with Gasteiger partial charge in [0.25, 0.3) is 0 Å². The number of aliphatic hydroxyl groups excluding tert-OH is 1. The highest BCUT2D eigenvalue weighted by molar-refractivity contribution is 5.58. The molecule has 1 fully saturated rings. The molecule has 1 aliphatic carbocycles. The molecule has 0 saturated heterocycles. The Bertz CT molecular complexity index is 492. The molecular weight excluding hydrogens is 260 g/mol. The second kappa shape index (κ2) is 5.98. The third-order valence-electron chi connectivity index (χ3n) is 5.47. The highest BCUT2D eigenvalue weighted by atomic mass is 16.3. The second-order valence-electron chi connectivity index (χ2n) is 7.11. The van der Waals surface area contributed by atoms with Crippen molar-refractivity contribution in [3.8, 4) is 0 Å². The van der Waals surface area contributed by atoms with Crippen molar-refractivity contribution in [1.29, 1.82) is 0 Å². The zero-order valence-electron chi connectivity index (χ0n) is 13.4. The largest absolute Gasteiger partial charge is 0.394 e. The molecule has 0 radical (unpaired) electrons. The number of hydrogen-bond acceptors (Lipinski definition) is 3. The first-order valence-corrected chi connectivity index (χ1v) is 8.31. The summed E-state index contributed by atoms with van der Waals surface area (Å²) in [5.41, 5.74) is 4.13. The molecule has 0 amide bonds. The normalized spacial score (nSPS) is 28.7. The van der Waals surface area contributed by atoms with E-state index >= 15 is 0 Å². The lowest BCUT2D eigenvalue weighted by atomic mass is 9.77. The van der Waals surface area contributed by atoms with Gasteiger partial charge in [-0.05, 0) is 55.2 Å². The smallest absolute Gasteiger partial charge is 0.0613 e. The summed E-state index contributed by atoms with van der Waals surface area (Å²) in [6, 6.07) is 6.81. The Morgan fingerprint density at radius 1 is 1.33 bits per heavy atom. The molecule has 2 aliphatic rings. The Morgan fingerprint density at radius 2 is 2.10 bits per heavy atom. The average Bonchev–Trinajstić information content (AvgIpc) is 2.88. The van der Waals surface area contributed by atoms with Gasteiger partial charge < -0.3 is 15.3 Å². The van der Waals surface area contributed by atoms with Crippen LogP contribution in [0.3, 0.4) is 0 Å². The molecule has 3 heteroatoms. The summed E-state index contributed by atoms with van der Waals surface area (Å²) in [6.07, 6.45) is 5.80. The number of hydrogen-bond donors (Lipinski definition) is 2. The van der Waals surface area contributed by atoms with Crippen molar-refractivity contribution in [2.24, 2.45) is 5.92 Å². The Morgan fingerprint density at radius 3 is 2.81 bits per heavy atom. The lowest BCUT2D eigenvalue weighted by molar-refractivity contribution is 0.104. The molecule has 1 aromatic rings. The van der Waals surface area contributed by atoms with Crippen molar-refractivity contribution < 1.29 is 5.11 Å². The predicted octanol–water partition coefficient (Wildman–Crippen LogP) is 2.71. The van der Waals surface area contributed by atoms with Crippen LogP contribution in [0.1, 0.15) is 43.7 Å². The van der Waals surface area contributed by atoms with E-state index in [0.29, 0.717) is 0 Å². The Kier molecular flexibility index (Phi) is 4.23. The van der Waals surface area contributed by atoms with Gasteiger partial charge in [-0.15, -0.1) is 0 Å². The van der Waals surface area contributed by atoms with E-state index in [1.807, 2.05) is 0 Å². The summed E-state index contributed by atoms with van der Waals surface area (Å²) in [4.78, 5) is 2.32. The molecule has 0 bridgehead atoms. The van der Waals surface area contributed by atoms with Crippen LogP contribution in [0.5, 0.6) is 0 Å². The van der Waals surface area contributed by atoms with Gasteiger partial charge in [0.1, 0.15) is 0 Å². The third kappa shape index (κ3) is 3.09. The first kappa shape index (κ1) is 14.9. The lowest BCUT2D eigenvalue weighted by Crippen LogP contribution is -2.50. The molecule has 116 valence electrons. The van der Waals surface area contributed by atoms with E-state index in [4.69, 9.17) is 0 Å². The quantitative estimate of drug-likeness (QED) is 0.894. The van der Waals surface area contributed by atoms with Crippen molar-refractivity contribution in [1.82, 2.24) is 5.32 Å². The number of anilines is 1. The molecule has 21 heavy (non-hydrogen) atoms. The van der Waals surface area contributed by atoms with Crippen LogP contribution in [0, 0.1) is 5.92 Å². The highest BCUT2D eigenvalue weighted by Crippen LogP contribution is 2.32. The molecule has 1 heterocycles. The maximum atomic E-state index is 9.83. The molecule has 1 aliphatic heterocycles. The summed E-state index contributed by atoms with van der Waals surface area (Å²) in [7, 11) is 2.16. The summed E-state index contributed by atoms with van der Waals surface area (Å²) >= 11 is 0. The SMILES string of the molecule is CC1CCC(CO)(NCc2ccc3c(c2)CCN3C)CC1. The molecule has 1 saturated carbocycles. The van der Waals surface area contributed by atoms with Gasteiger partial charge in [0, 0.05) is 31.4 Å². The molecule has 2 N–H and O–H groups in total. The lowest BCUT2D eigenvalue weighted by Gasteiger charge is -2.39. The van der Waals surface area contributed by atoms with E-state index < -0.39 is 0 Å². The van der Waals surface area contributed by atoms with Gasteiger partial charge in [0.05, 0.1) is 6.61 Å². The fourth-order valence-corrected chi connectivity index (χ4v) is 3.73. The third-order valence-corrected chi connectivity index (χ3v) is 5.47. The van der Waals surface area contributed by atoms with Gasteiger partial charge in [0.2, 0.25) is 0 Å². The van der Waals surface area contributed by atoms with Gasteiger partial charge in [-0.25, -0.2) is 0 Å². The van der Waals surface area contributed by atoms with Crippen LogP contribution in [0.15, 0.2) is 18.2 Å². The Hall–Kier alpha value is -1.06. The molecule has 3 rings (SSSR count). The van der Waals surface area contributed by atoms with Gasteiger partial charge in [-0.3, -0.25) is 0 Å². The number of benzene rings is 1. The predicted molar refractivity (Wildman–Crippen MR) is 87.7 cm³/mol. The van der Waals surface area contributed by atoms with Crippen LogP contribution in [0.2, 0.25) is 0 Å². The highest BCUT2D eigenvalue weighted by Gasteiger charge is 2.33. The van der Waals surface area contributed by atoms with E-state index in [2.05, 4.69) is 42.4 Å². The minimum absolute atomic E-state index is 0.0533. The summed E-state index contributed by atoms with van der Waals surface area (Å²) in [5, 5.41) is 13.5. The topological polar surface area (TPSA) is 35.5 Å². The van der Waals surface area contributed by atoms with Crippen LogP contribution in [-0.4, -0.2) is 30.8 Å². The standard InChI is InChI=1S/C18H28N2O/c1-14-5-8-18(13-21,9-6-14)19-12-15-3-4-17-16(11-15)7-10-20(17)2/h3-4,11,14,19,21H,5-10,12-13H2,1-2H3. The molecule has 0 spiro atoms. The number of nitrogens with zero attached hydrogens (tertiary/aromatic N) is 1. The zero-order chi connectivity index (χ0) is 14.9. The molecular formula is C18H28N2O. The zero-order valence-corrected chi connectivity index (χ0v) is 13.4. The average molecular weight is 288 g/mol. The molecule has 0 atom stereocenters. The van der Waals surface area contributed by atoms with Gasteiger partial charge in [-0.2, -0.15) is 0 Å². The van der Waals surface area contributed by atoms with Gasteiger partial charge in [0.15, 0.2) is 0 Å². The van der Waals surface area contributed by atoms with Crippen LogP contribution < -0.4 is 10.2 Å². The maximum Gasteiger partial charge on any atom is 0.0613 e. The van der Waals surface area contributed by atoms with Crippen molar-refractivity contribution in [3.05, 3.63) is 29.3 Å². The van der Waals surface area contributed by atoms with E-state index in [9.17, 15) is 5.11 Å². The first-order valence-electron chi connectivity index (χ1n) is 8.31. The van der Waals surface area contributed by atoms with Crippen molar-refractivity contribution in [3.63, 3.8) is 0 Å². The van der Waals surface area contributed by atoms with Crippen LogP contribution >= 0.6 is 0 Å². The number of nitrogens with one attached hydrogen (secondary N) is 1. The van der Waals surface area contributed by atoms with Crippen molar-refractivity contribution in [2.75, 3.05) is 25.1 Å². The fourth-order valence-electron chi connectivity index (χ4n) is 3.73. The molecule has 0 unspecified atom stereocenters. The monoisotopic (exact) mass is 288 g/mol. The number of fused-ring (bicyclic) bond motifs is 1. The van der Waals surface area contributed by atoms with E-state index in [1.54, 1.807) is 0 Å². The molecule has 1 aromatic carbocycles. The van der Waals surface area contributed by atoms with E-state index in [1.165, 1.54) is 29.7 Å². The number of aliphatic hydroxyl groups is 1. The second-order valence-corrected chi connectivity index (χ2v) is 7.11. The number of rotatable bonds is 4. The number of likely N-dealkylation sites (N-methyl/N-ethyl adjacent to an activating group) is 1. The van der Waals surface area contributed by atoms with Crippen LogP contribution in [0.25, 0.3) is 0 Å².